The van der Waals surface area contributed by atoms with Crippen LogP contribution in [-0.4, -0.2) is 34.7 Å². The molecule has 0 bridgehead atoms. The molecule has 0 spiro atoms. The minimum Gasteiger partial charge on any atom is -0.347 e. The Bertz CT molecular complexity index is 827. The number of Topliss-reactive ketones (excluding diaryl/α,β-unsaturated/α-hetero) is 1. The molecule has 2 aromatic heterocycles. The fourth-order valence-electron chi connectivity index (χ4n) is 2.78. The second-order valence-electron chi connectivity index (χ2n) is 6.04. The third-order valence-electron chi connectivity index (χ3n) is 4.31. The van der Waals surface area contributed by atoms with Gasteiger partial charge in [0.05, 0.1) is 24.6 Å². The van der Waals surface area contributed by atoms with Gasteiger partial charge < -0.3 is 10.2 Å². The molecule has 1 saturated heterocycles. The SMILES string of the molecule is CCC1CN(c2ncc(C(=O)NCc3ncc(F)cc3F)s2)CCC1=O. The van der Waals surface area contributed by atoms with Crippen molar-refractivity contribution in [1.29, 1.82) is 0 Å². The van der Waals surface area contributed by atoms with Crippen molar-refractivity contribution in [3.63, 3.8) is 0 Å². The highest BCUT2D eigenvalue weighted by molar-refractivity contribution is 7.17. The molecule has 3 heterocycles. The predicted molar refractivity (Wildman–Crippen MR) is 93.1 cm³/mol. The van der Waals surface area contributed by atoms with E-state index in [9.17, 15) is 18.4 Å². The first-order valence-electron chi connectivity index (χ1n) is 8.29. The van der Waals surface area contributed by atoms with Crippen LogP contribution < -0.4 is 10.2 Å². The average molecular weight is 380 g/mol. The monoisotopic (exact) mass is 380 g/mol. The van der Waals surface area contributed by atoms with Crippen LogP contribution in [0.25, 0.3) is 0 Å². The maximum atomic E-state index is 13.6. The molecule has 26 heavy (non-hydrogen) atoms. The molecule has 6 nitrogen and oxygen atoms in total. The third kappa shape index (κ3) is 4.04. The van der Waals surface area contributed by atoms with Gasteiger partial charge in [0, 0.05) is 31.5 Å². The van der Waals surface area contributed by atoms with Crippen LogP contribution >= 0.6 is 11.3 Å². The number of anilines is 1. The van der Waals surface area contributed by atoms with Crippen LogP contribution in [0, 0.1) is 17.6 Å². The molecule has 1 unspecified atom stereocenters. The molecule has 0 radical (unpaired) electrons. The van der Waals surface area contributed by atoms with Crippen molar-refractivity contribution in [2.24, 2.45) is 5.92 Å². The van der Waals surface area contributed by atoms with Gasteiger partial charge in [0.2, 0.25) is 0 Å². The summed E-state index contributed by atoms with van der Waals surface area (Å²) in [5.74, 6) is -1.71. The van der Waals surface area contributed by atoms with Crippen LogP contribution in [0.15, 0.2) is 18.5 Å². The van der Waals surface area contributed by atoms with Crippen molar-refractivity contribution in [3.8, 4) is 0 Å². The Morgan fingerprint density at radius 3 is 2.92 bits per heavy atom. The van der Waals surface area contributed by atoms with Crippen molar-refractivity contribution < 1.29 is 18.4 Å². The zero-order valence-electron chi connectivity index (χ0n) is 14.2. The highest BCUT2D eigenvalue weighted by atomic mass is 32.1. The molecule has 1 N–H and O–H groups in total. The van der Waals surface area contributed by atoms with Crippen LogP contribution in [0.2, 0.25) is 0 Å². The number of nitrogens with zero attached hydrogens (tertiary/aromatic N) is 3. The number of rotatable bonds is 5. The van der Waals surface area contributed by atoms with Gasteiger partial charge in [0.15, 0.2) is 5.13 Å². The Labute approximate surface area is 153 Å². The van der Waals surface area contributed by atoms with Gasteiger partial charge in [-0.05, 0) is 6.42 Å². The Kier molecular flexibility index (Phi) is 5.55. The molecule has 138 valence electrons. The van der Waals surface area contributed by atoms with Crippen LogP contribution in [0.3, 0.4) is 0 Å². The topological polar surface area (TPSA) is 75.2 Å². The summed E-state index contributed by atoms with van der Waals surface area (Å²) < 4.78 is 26.4. The fourth-order valence-corrected chi connectivity index (χ4v) is 3.65. The van der Waals surface area contributed by atoms with E-state index in [4.69, 9.17) is 0 Å². The lowest BCUT2D eigenvalue weighted by atomic mass is 9.94. The van der Waals surface area contributed by atoms with Gasteiger partial charge in [-0.2, -0.15) is 0 Å². The number of hydrogen-bond donors (Lipinski definition) is 1. The molecule has 3 rings (SSSR count). The number of ketones is 1. The molecule has 1 amide bonds. The molecule has 1 aliphatic heterocycles. The van der Waals surface area contributed by atoms with E-state index in [0.29, 0.717) is 29.5 Å². The summed E-state index contributed by atoms with van der Waals surface area (Å²) >= 11 is 1.22. The van der Waals surface area contributed by atoms with E-state index in [1.54, 1.807) is 0 Å². The first kappa shape index (κ1) is 18.4. The Morgan fingerprint density at radius 2 is 2.19 bits per heavy atom. The molecule has 1 atom stereocenters. The number of carbonyl (C=O) groups excluding carboxylic acids is 2. The van der Waals surface area contributed by atoms with Crippen LogP contribution in [0.4, 0.5) is 13.9 Å². The molecule has 0 saturated carbocycles. The molecule has 1 aliphatic rings. The van der Waals surface area contributed by atoms with Gasteiger partial charge in [-0.3, -0.25) is 14.6 Å². The highest BCUT2D eigenvalue weighted by Gasteiger charge is 2.27. The summed E-state index contributed by atoms with van der Waals surface area (Å²) in [6.07, 6.45) is 3.62. The van der Waals surface area contributed by atoms with E-state index in [-0.39, 0.29) is 23.9 Å². The minimum absolute atomic E-state index is 0.00236. The Hall–Kier alpha value is -2.42. The lowest BCUT2D eigenvalue weighted by molar-refractivity contribution is -0.123. The zero-order valence-corrected chi connectivity index (χ0v) is 15.0. The molecule has 1 fully saturated rings. The van der Waals surface area contributed by atoms with Gasteiger partial charge in [-0.25, -0.2) is 13.8 Å². The molecule has 0 aromatic carbocycles. The van der Waals surface area contributed by atoms with Crippen molar-refractivity contribution in [1.82, 2.24) is 15.3 Å². The van der Waals surface area contributed by atoms with Crippen LogP contribution in [0.5, 0.6) is 0 Å². The summed E-state index contributed by atoms with van der Waals surface area (Å²) in [7, 11) is 0. The van der Waals surface area contributed by atoms with E-state index in [2.05, 4.69) is 15.3 Å². The first-order valence-corrected chi connectivity index (χ1v) is 9.11. The number of thiazole rings is 1. The largest absolute Gasteiger partial charge is 0.347 e. The summed E-state index contributed by atoms with van der Waals surface area (Å²) in [4.78, 5) is 34.3. The number of piperidine rings is 1. The normalized spacial score (nSPS) is 17.4. The van der Waals surface area contributed by atoms with Gasteiger partial charge in [-0.1, -0.05) is 18.3 Å². The van der Waals surface area contributed by atoms with E-state index in [0.717, 1.165) is 18.7 Å². The molecule has 0 aliphatic carbocycles. The quantitative estimate of drug-likeness (QED) is 0.863. The number of carbonyl (C=O) groups is 2. The number of nitrogens with one attached hydrogen (secondary N) is 1. The van der Waals surface area contributed by atoms with E-state index >= 15 is 0 Å². The third-order valence-corrected chi connectivity index (χ3v) is 5.36. The number of pyridine rings is 1. The van der Waals surface area contributed by atoms with E-state index in [1.807, 2.05) is 11.8 Å². The lowest BCUT2D eigenvalue weighted by Gasteiger charge is -2.30. The van der Waals surface area contributed by atoms with Gasteiger partial charge in [0.25, 0.3) is 5.91 Å². The van der Waals surface area contributed by atoms with Gasteiger partial charge in [0.1, 0.15) is 22.3 Å². The smallest absolute Gasteiger partial charge is 0.263 e. The number of amides is 1. The maximum Gasteiger partial charge on any atom is 0.263 e. The summed E-state index contributed by atoms with van der Waals surface area (Å²) in [5.41, 5.74) is -0.0372. The van der Waals surface area contributed by atoms with Gasteiger partial charge in [-0.15, -0.1) is 0 Å². The van der Waals surface area contributed by atoms with Crippen molar-refractivity contribution in [2.45, 2.75) is 26.3 Å². The summed E-state index contributed by atoms with van der Waals surface area (Å²) in [6.45, 7) is 3.03. The average Bonchev–Trinajstić information content (AvgIpc) is 3.11. The van der Waals surface area contributed by atoms with Crippen LogP contribution in [0.1, 0.15) is 35.1 Å². The maximum absolute atomic E-state index is 13.6. The molecular formula is C17H18F2N4O2S. The highest BCUT2D eigenvalue weighted by Crippen LogP contribution is 2.27. The van der Waals surface area contributed by atoms with Crippen molar-refractivity contribution in [3.05, 3.63) is 40.7 Å². The van der Waals surface area contributed by atoms with E-state index < -0.39 is 17.5 Å². The second kappa shape index (κ2) is 7.86. The van der Waals surface area contributed by atoms with Gasteiger partial charge >= 0.3 is 0 Å². The fraction of sp³-hybridized carbons (Fsp3) is 0.412. The zero-order chi connectivity index (χ0) is 18.7. The van der Waals surface area contributed by atoms with E-state index in [1.165, 1.54) is 17.5 Å². The molecular weight excluding hydrogens is 362 g/mol. The number of halogens is 2. The second-order valence-corrected chi connectivity index (χ2v) is 7.05. The van der Waals surface area contributed by atoms with Crippen molar-refractivity contribution >= 4 is 28.2 Å². The van der Waals surface area contributed by atoms with Crippen LogP contribution in [-0.2, 0) is 11.3 Å². The minimum atomic E-state index is -0.807. The van der Waals surface area contributed by atoms with Crippen molar-refractivity contribution in [2.75, 3.05) is 18.0 Å². The molecule has 2 aromatic rings. The summed E-state index contributed by atoms with van der Waals surface area (Å²) in [5, 5.41) is 3.24. The lowest BCUT2D eigenvalue weighted by Crippen LogP contribution is -2.40. The predicted octanol–water partition coefficient (Wildman–Crippen LogP) is 2.55. The standard InChI is InChI=1S/C17H18F2N4O2S/c1-2-10-9-23(4-3-14(10)24)17-22-8-15(26-17)16(25)21-7-13-12(19)5-11(18)6-20-13/h5-6,8,10H,2-4,7,9H2,1H3,(H,21,25). The molecule has 9 heteroatoms. The number of hydrogen-bond acceptors (Lipinski definition) is 6. The first-order chi connectivity index (χ1) is 12.5. The Morgan fingerprint density at radius 1 is 1.38 bits per heavy atom. The Balaban J connectivity index is 1.62. The summed E-state index contributed by atoms with van der Waals surface area (Å²) in [6, 6.07) is 0.723. The number of aromatic nitrogens is 2.